The summed E-state index contributed by atoms with van der Waals surface area (Å²) < 4.78 is 5.32. The van der Waals surface area contributed by atoms with Crippen LogP contribution in [0.15, 0.2) is 0 Å². The van der Waals surface area contributed by atoms with Crippen LogP contribution in [0.3, 0.4) is 0 Å². The lowest BCUT2D eigenvalue weighted by molar-refractivity contribution is -0.158. The summed E-state index contributed by atoms with van der Waals surface area (Å²) in [6, 6.07) is -0.199. The van der Waals surface area contributed by atoms with Gasteiger partial charge in [0.15, 0.2) is 0 Å². The third-order valence-corrected chi connectivity index (χ3v) is 3.65. The number of esters is 1. The van der Waals surface area contributed by atoms with E-state index < -0.39 is 5.60 Å². The lowest BCUT2D eigenvalue weighted by atomic mass is 10.0. The molecule has 0 radical (unpaired) electrons. The Bertz CT molecular complexity index is 245. The van der Waals surface area contributed by atoms with E-state index in [0.29, 0.717) is 0 Å². The number of carbonyl (C=O) groups is 1. The van der Waals surface area contributed by atoms with Gasteiger partial charge in [0, 0.05) is 17.0 Å². The van der Waals surface area contributed by atoms with Gasteiger partial charge in [-0.25, -0.2) is 0 Å². The second kappa shape index (κ2) is 4.34. The predicted molar refractivity (Wildman–Crippen MR) is 64.2 cm³/mol. The molecule has 88 valence electrons. The van der Waals surface area contributed by atoms with Crippen molar-refractivity contribution in [2.24, 2.45) is 0 Å². The number of rotatable bonds is 1. The molecule has 1 rings (SSSR count). The van der Waals surface area contributed by atoms with Gasteiger partial charge in [-0.2, -0.15) is 11.8 Å². The first-order valence-corrected chi connectivity index (χ1v) is 6.31. The van der Waals surface area contributed by atoms with Crippen LogP contribution in [0.25, 0.3) is 0 Å². The maximum absolute atomic E-state index is 11.9. The lowest BCUT2D eigenvalue weighted by Crippen LogP contribution is -2.56. The van der Waals surface area contributed by atoms with Crippen molar-refractivity contribution < 1.29 is 9.53 Å². The van der Waals surface area contributed by atoms with Crippen LogP contribution in [-0.2, 0) is 9.53 Å². The second-order valence-electron chi connectivity index (χ2n) is 5.37. The van der Waals surface area contributed by atoms with Gasteiger partial charge in [0.25, 0.3) is 0 Å². The summed E-state index contributed by atoms with van der Waals surface area (Å²) in [5.41, 5.74) is -0.406. The molecule has 0 aromatic heterocycles. The summed E-state index contributed by atoms with van der Waals surface area (Å²) >= 11 is 1.82. The van der Waals surface area contributed by atoms with Gasteiger partial charge in [0.05, 0.1) is 0 Å². The molecule has 0 unspecified atom stereocenters. The van der Waals surface area contributed by atoms with Crippen LogP contribution < -0.4 is 5.32 Å². The van der Waals surface area contributed by atoms with Crippen molar-refractivity contribution >= 4 is 17.7 Å². The number of carbonyl (C=O) groups excluding carboxylic acids is 1. The minimum atomic E-state index is -0.406. The van der Waals surface area contributed by atoms with Gasteiger partial charge in [0.2, 0.25) is 0 Å². The van der Waals surface area contributed by atoms with E-state index in [1.807, 2.05) is 32.5 Å². The minimum absolute atomic E-state index is 0.0828. The molecule has 1 aliphatic heterocycles. The van der Waals surface area contributed by atoms with Crippen molar-refractivity contribution in [3.05, 3.63) is 0 Å². The van der Waals surface area contributed by atoms with Crippen molar-refractivity contribution in [2.45, 2.75) is 51.0 Å². The van der Waals surface area contributed by atoms with Crippen LogP contribution in [-0.4, -0.2) is 34.7 Å². The highest BCUT2D eigenvalue weighted by molar-refractivity contribution is 8.00. The topological polar surface area (TPSA) is 38.3 Å². The van der Waals surface area contributed by atoms with Crippen LogP contribution in [0, 0.1) is 0 Å². The van der Waals surface area contributed by atoms with Gasteiger partial charge < -0.3 is 10.1 Å². The molecule has 1 fully saturated rings. The third-order valence-electron chi connectivity index (χ3n) is 2.26. The Labute approximate surface area is 96.3 Å². The normalized spacial score (nSPS) is 26.1. The number of hydrogen-bond acceptors (Lipinski definition) is 4. The average molecular weight is 231 g/mol. The van der Waals surface area contributed by atoms with Crippen LogP contribution in [0.1, 0.15) is 34.6 Å². The number of ether oxygens (including phenoxy) is 1. The van der Waals surface area contributed by atoms with Gasteiger partial charge in [-0.15, -0.1) is 0 Å². The predicted octanol–water partition coefficient (Wildman–Crippen LogP) is 1.81. The van der Waals surface area contributed by atoms with Gasteiger partial charge in [-0.05, 0) is 34.6 Å². The maximum atomic E-state index is 11.9. The van der Waals surface area contributed by atoms with Crippen molar-refractivity contribution in [2.75, 3.05) is 12.3 Å². The summed E-state index contributed by atoms with van der Waals surface area (Å²) in [6.07, 6.45) is 0. The van der Waals surface area contributed by atoms with Crippen LogP contribution in [0.4, 0.5) is 0 Å². The van der Waals surface area contributed by atoms with Crippen molar-refractivity contribution in [3.8, 4) is 0 Å². The highest BCUT2D eigenvalue weighted by atomic mass is 32.2. The average Bonchev–Trinajstić information content (AvgIpc) is 1.99. The number of hydrogen-bond donors (Lipinski definition) is 1. The summed E-state index contributed by atoms with van der Waals surface area (Å²) in [7, 11) is 0. The molecule has 0 aromatic carbocycles. The van der Waals surface area contributed by atoms with Gasteiger partial charge in [-0.3, -0.25) is 4.79 Å². The summed E-state index contributed by atoms with van der Waals surface area (Å²) in [6.45, 7) is 10.7. The molecular weight excluding hydrogens is 210 g/mol. The Morgan fingerprint density at radius 1 is 1.47 bits per heavy atom. The molecule has 0 aromatic rings. The first-order chi connectivity index (χ1) is 6.72. The van der Waals surface area contributed by atoms with Crippen molar-refractivity contribution in [1.29, 1.82) is 0 Å². The Hall–Kier alpha value is -0.220. The molecule has 1 saturated heterocycles. The molecule has 1 N–H and O–H groups in total. The molecule has 3 nitrogen and oxygen atoms in total. The molecule has 4 heteroatoms. The first kappa shape index (κ1) is 12.8. The van der Waals surface area contributed by atoms with E-state index in [2.05, 4.69) is 19.2 Å². The second-order valence-corrected chi connectivity index (χ2v) is 7.12. The monoisotopic (exact) mass is 231 g/mol. The van der Waals surface area contributed by atoms with E-state index >= 15 is 0 Å². The first-order valence-electron chi connectivity index (χ1n) is 5.32. The van der Waals surface area contributed by atoms with E-state index in [4.69, 9.17) is 4.74 Å². The molecule has 15 heavy (non-hydrogen) atoms. The van der Waals surface area contributed by atoms with Crippen molar-refractivity contribution in [1.82, 2.24) is 5.32 Å². The largest absolute Gasteiger partial charge is 0.459 e. The van der Waals surface area contributed by atoms with Crippen molar-refractivity contribution in [3.63, 3.8) is 0 Å². The zero-order valence-corrected chi connectivity index (χ0v) is 11.0. The van der Waals surface area contributed by atoms with Gasteiger partial charge in [0.1, 0.15) is 11.6 Å². The molecule has 0 aliphatic carbocycles. The van der Waals surface area contributed by atoms with Gasteiger partial charge >= 0.3 is 5.97 Å². The van der Waals surface area contributed by atoms with E-state index in [1.54, 1.807) is 0 Å². The van der Waals surface area contributed by atoms with Crippen LogP contribution in [0.2, 0.25) is 0 Å². The zero-order chi connectivity index (χ0) is 11.7. The molecular formula is C11H21NO2S. The Kier molecular flexibility index (Phi) is 3.71. The molecule has 1 atom stereocenters. The summed E-state index contributed by atoms with van der Waals surface area (Å²) in [5.74, 6) is 0.909. The Morgan fingerprint density at radius 3 is 2.53 bits per heavy atom. The summed E-state index contributed by atoms with van der Waals surface area (Å²) in [5, 5.41) is 3.24. The molecule has 0 saturated carbocycles. The Balaban J connectivity index is 2.65. The van der Waals surface area contributed by atoms with Crippen LogP contribution >= 0.6 is 11.8 Å². The Morgan fingerprint density at radius 2 is 2.07 bits per heavy atom. The maximum Gasteiger partial charge on any atom is 0.325 e. The fraction of sp³-hybridized carbons (Fsp3) is 0.909. The standard InChI is InChI=1S/C11H21NO2S/c1-10(2,3)14-9(13)8-11(4,5)15-7-6-12-8/h8,12H,6-7H2,1-5H3/t8-/m0/s1. The highest BCUT2D eigenvalue weighted by Gasteiger charge is 2.40. The van der Waals surface area contributed by atoms with Crippen LogP contribution in [0.5, 0.6) is 0 Å². The van der Waals surface area contributed by atoms with E-state index in [0.717, 1.165) is 12.3 Å². The fourth-order valence-electron chi connectivity index (χ4n) is 1.57. The molecule has 1 aliphatic rings. The fourth-order valence-corrected chi connectivity index (χ4v) is 2.67. The molecule has 0 amide bonds. The lowest BCUT2D eigenvalue weighted by Gasteiger charge is -2.38. The minimum Gasteiger partial charge on any atom is -0.459 e. The van der Waals surface area contributed by atoms with E-state index in [-0.39, 0.29) is 16.8 Å². The SMILES string of the molecule is CC(C)(C)OC(=O)[C@@H]1NCCSC1(C)C. The quantitative estimate of drug-likeness (QED) is 0.699. The molecule has 0 spiro atoms. The highest BCUT2D eigenvalue weighted by Crippen LogP contribution is 2.32. The number of thioether (sulfide) groups is 1. The molecule has 1 heterocycles. The smallest absolute Gasteiger partial charge is 0.325 e. The number of nitrogens with one attached hydrogen (secondary N) is 1. The van der Waals surface area contributed by atoms with Gasteiger partial charge in [-0.1, -0.05) is 0 Å². The molecule has 0 bridgehead atoms. The third kappa shape index (κ3) is 3.68. The zero-order valence-electron chi connectivity index (χ0n) is 10.2. The van der Waals surface area contributed by atoms with E-state index in [9.17, 15) is 4.79 Å². The summed E-state index contributed by atoms with van der Waals surface area (Å²) in [4.78, 5) is 11.9. The van der Waals surface area contributed by atoms with E-state index in [1.165, 1.54) is 0 Å².